The molecule has 0 aliphatic carbocycles. The van der Waals surface area contributed by atoms with Gasteiger partial charge >= 0.3 is 0 Å². The van der Waals surface area contributed by atoms with Crippen LogP contribution in [0.3, 0.4) is 0 Å². The zero-order valence-corrected chi connectivity index (χ0v) is 17.5. The van der Waals surface area contributed by atoms with E-state index in [4.69, 9.17) is 0 Å². The number of hydrogen-bond acceptors (Lipinski definition) is 6. The minimum Gasteiger partial charge on any atom is -0.340 e. The fourth-order valence-corrected chi connectivity index (χ4v) is 2.97. The number of nitrogens with one attached hydrogen (secondary N) is 3. The summed E-state index contributed by atoms with van der Waals surface area (Å²) in [6, 6.07) is 22.7. The van der Waals surface area contributed by atoms with E-state index in [2.05, 4.69) is 30.9 Å². The highest BCUT2D eigenvalue weighted by molar-refractivity contribution is 6.02. The Hall–Kier alpha value is -4.52. The molecule has 0 unspecified atom stereocenters. The smallest absolute Gasteiger partial charge is 0.248 e. The molecular weight excluding hydrogens is 400 g/mol. The molecule has 7 nitrogen and oxygen atoms in total. The summed E-state index contributed by atoms with van der Waals surface area (Å²) in [6.07, 6.45) is 6.53. The second-order valence-electron chi connectivity index (χ2n) is 7.01. The largest absolute Gasteiger partial charge is 0.340 e. The molecule has 7 heteroatoms. The highest BCUT2D eigenvalue weighted by Gasteiger charge is 2.03. The maximum atomic E-state index is 12.2. The third-order valence-electron chi connectivity index (χ3n) is 4.62. The Bertz CT molecular complexity index is 1220. The zero-order valence-electron chi connectivity index (χ0n) is 17.5. The predicted octanol–water partition coefficient (Wildman–Crippen LogP) is 5.32. The number of aryl methyl sites for hydroxylation is 1. The molecule has 32 heavy (non-hydrogen) atoms. The first-order valence-electron chi connectivity index (χ1n) is 10.1. The lowest BCUT2D eigenvalue weighted by atomic mass is 10.1. The van der Waals surface area contributed by atoms with E-state index in [9.17, 15) is 4.79 Å². The molecule has 0 atom stereocenters. The lowest BCUT2D eigenvalue weighted by molar-refractivity contribution is -0.111. The minimum atomic E-state index is -0.185. The van der Waals surface area contributed by atoms with Crippen LogP contribution in [0.1, 0.15) is 11.1 Å². The highest BCUT2D eigenvalue weighted by Crippen LogP contribution is 2.20. The molecule has 3 N–H and O–H groups in total. The Kier molecular flexibility index (Phi) is 6.48. The molecule has 2 aromatic carbocycles. The Morgan fingerprint density at radius 2 is 1.50 bits per heavy atom. The Labute approximate surface area is 186 Å². The SMILES string of the molecule is Cc1ccccc1/C=C/C(=O)Nc1ccc(Nc2cc(Nc3ccccn3)ncn2)cc1. The zero-order chi connectivity index (χ0) is 22.2. The van der Waals surface area contributed by atoms with E-state index in [0.29, 0.717) is 23.1 Å². The van der Waals surface area contributed by atoms with Crippen LogP contribution >= 0.6 is 0 Å². The van der Waals surface area contributed by atoms with Crippen molar-refractivity contribution in [3.05, 3.63) is 103 Å². The molecule has 1 amide bonds. The molecule has 0 spiro atoms. The van der Waals surface area contributed by atoms with Crippen LogP contribution in [0.4, 0.5) is 28.8 Å². The average Bonchev–Trinajstić information content (AvgIpc) is 2.81. The first-order valence-corrected chi connectivity index (χ1v) is 10.1. The number of pyridine rings is 1. The van der Waals surface area contributed by atoms with Crippen LogP contribution in [-0.2, 0) is 4.79 Å². The topological polar surface area (TPSA) is 91.8 Å². The van der Waals surface area contributed by atoms with Gasteiger partial charge in [0, 0.05) is 29.7 Å². The molecule has 4 aromatic rings. The first kappa shape index (κ1) is 20.7. The first-order chi connectivity index (χ1) is 15.7. The molecule has 0 aliphatic heterocycles. The normalized spacial score (nSPS) is 10.7. The number of hydrogen-bond donors (Lipinski definition) is 3. The van der Waals surface area contributed by atoms with Crippen LogP contribution in [0.2, 0.25) is 0 Å². The van der Waals surface area contributed by atoms with Crippen LogP contribution in [0.5, 0.6) is 0 Å². The van der Waals surface area contributed by atoms with Gasteiger partial charge in [-0.3, -0.25) is 4.79 Å². The van der Waals surface area contributed by atoms with Gasteiger partial charge in [0.15, 0.2) is 0 Å². The fourth-order valence-electron chi connectivity index (χ4n) is 2.97. The standard InChI is InChI=1S/C25H22N6O/c1-18-6-2-3-7-19(18)9-14-25(32)30-21-12-10-20(11-13-21)29-23-16-24(28-17-27-23)31-22-8-4-5-15-26-22/h2-17H,1H3,(H,30,32)(H2,26,27,28,29,31)/b14-9+. The van der Waals surface area contributed by atoms with Gasteiger partial charge in [0.1, 0.15) is 23.8 Å². The molecule has 0 fully saturated rings. The number of aromatic nitrogens is 3. The number of carbonyl (C=O) groups excluding carboxylic acids is 1. The van der Waals surface area contributed by atoms with Crippen molar-refractivity contribution < 1.29 is 4.79 Å². The van der Waals surface area contributed by atoms with Gasteiger partial charge in [-0.1, -0.05) is 30.3 Å². The van der Waals surface area contributed by atoms with Gasteiger partial charge < -0.3 is 16.0 Å². The summed E-state index contributed by atoms with van der Waals surface area (Å²) < 4.78 is 0. The molecule has 2 heterocycles. The summed E-state index contributed by atoms with van der Waals surface area (Å²) in [5, 5.41) is 9.22. The van der Waals surface area contributed by atoms with E-state index in [1.807, 2.05) is 79.7 Å². The number of benzene rings is 2. The molecule has 0 saturated heterocycles. The van der Waals surface area contributed by atoms with Gasteiger partial charge in [-0.25, -0.2) is 15.0 Å². The van der Waals surface area contributed by atoms with Crippen LogP contribution in [0.15, 0.2) is 91.4 Å². The monoisotopic (exact) mass is 422 g/mol. The van der Waals surface area contributed by atoms with Crippen LogP contribution in [0, 0.1) is 6.92 Å². The van der Waals surface area contributed by atoms with E-state index in [1.54, 1.807) is 12.3 Å². The molecule has 4 rings (SSSR count). The predicted molar refractivity (Wildman–Crippen MR) is 128 cm³/mol. The van der Waals surface area contributed by atoms with Gasteiger partial charge in [0.25, 0.3) is 0 Å². The van der Waals surface area contributed by atoms with Gasteiger partial charge in [0.05, 0.1) is 0 Å². The second-order valence-corrected chi connectivity index (χ2v) is 7.01. The lowest BCUT2D eigenvalue weighted by Crippen LogP contribution is -2.07. The van der Waals surface area contributed by atoms with Crippen molar-refractivity contribution in [2.75, 3.05) is 16.0 Å². The Morgan fingerprint density at radius 1 is 0.781 bits per heavy atom. The van der Waals surface area contributed by atoms with E-state index >= 15 is 0 Å². The van der Waals surface area contributed by atoms with Crippen molar-refractivity contribution in [3.63, 3.8) is 0 Å². The summed E-state index contributed by atoms with van der Waals surface area (Å²) in [7, 11) is 0. The maximum absolute atomic E-state index is 12.2. The van der Waals surface area contributed by atoms with Crippen molar-refractivity contribution in [2.24, 2.45) is 0 Å². The average molecular weight is 422 g/mol. The summed E-state index contributed by atoms with van der Waals surface area (Å²) in [4.78, 5) is 24.9. The molecule has 2 aromatic heterocycles. The number of anilines is 5. The van der Waals surface area contributed by atoms with Crippen molar-refractivity contribution in [1.82, 2.24) is 15.0 Å². The third kappa shape index (κ3) is 5.76. The third-order valence-corrected chi connectivity index (χ3v) is 4.62. The van der Waals surface area contributed by atoms with Crippen molar-refractivity contribution in [1.29, 1.82) is 0 Å². The van der Waals surface area contributed by atoms with Crippen molar-refractivity contribution in [3.8, 4) is 0 Å². The molecule has 0 radical (unpaired) electrons. The van der Waals surface area contributed by atoms with Gasteiger partial charge in [0.2, 0.25) is 5.91 Å². The lowest BCUT2D eigenvalue weighted by Gasteiger charge is -2.09. The van der Waals surface area contributed by atoms with Crippen LogP contribution in [-0.4, -0.2) is 20.9 Å². The number of rotatable bonds is 7. The van der Waals surface area contributed by atoms with Gasteiger partial charge in [-0.15, -0.1) is 0 Å². The van der Waals surface area contributed by atoms with Crippen LogP contribution < -0.4 is 16.0 Å². The number of nitrogens with zero attached hydrogens (tertiary/aromatic N) is 3. The van der Waals surface area contributed by atoms with Crippen molar-refractivity contribution >= 4 is 40.8 Å². The van der Waals surface area contributed by atoms with E-state index in [0.717, 1.165) is 16.8 Å². The van der Waals surface area contributed by atoms with Gasteiger partial charge in [-0.05, 0) is 60.5 Å². The summed E-state index contributed by atoms with van der Waals surface area (Å²) in [5.74, 6) is 1.78. The fraction of sp³-hybridized carbons (Fsp3) is 0.0400. The second kappa shape index (κ2) is 9.99. The summed E-state index contributed by atoms with van der Waals surface area (Å²) in [5.41, 5.74) is 3.68. The quantitative estimate of drug-likeness (QED) is 0.349. The van der Waals surface area contributed by atoms with E-state index in [-0.39, 0.29) is 5.91 Å². The molecule has 0 bridgehead atoms. The Balaban J connectivity index is 1.35. The molecular formula is C25H22N6O. The minimum absolute atomic E-state index is 0.185. The van der Waals surface area contributed by atoms with Gasteiger partial charge in [-0.2, -0.15) is 0 Å². The molecule has 0 aliphatic rings. The van der Waals surface area contributed by atoms with E-state index in [1.165, 1.54) is 12.4 Å². The van der Waals surface area contributed by atoms with Crippen LogP contribution in [0.25, 0.3) is 6.08 Å². The Morgan fingerprint density at radius 3 is 2.25 bits per heavy atom. The summed E-state index contributed by atoms with van der Waals surface area (Å²) >= 11 is 0. The summed E-state index contributed by atoms with van der Waals surface area (Å²) in [6.45, 7) is 2.01. The van der Waals surface area contributed by atoms with Crippen molar-refractivity contribution in [2.45, 2.75) is 6.92 Å². The maximum Gasteiger partial charge on any atom is 0.248 e. The highest BCUT2D eigenvalue weighted by atomic mass is 16.1. The molecule has 0 saturated carbocycles. The van der Waals surface area contributed by atoms with E-state index < -0.39 is 0 Å². The number of amides is 1. The number of carbonyl (C=O) groups is 1. The molecule has 158 valence electrons.